The summed E-state index contributed by atoms with van der Waals surface area (Å²) in [5.74, 6) is -0.116. The number of carbonyl (C=O) groups is 1. The van der Waals surface area contributed by atoms with E-state index in [1.54, 1.807) is 23.1 Å². The highest BCUT2D eigenvalue weighted by Gasteiger charge is 2.16. The van der Waals surface area contributed by atoms with Crippen LogP contribution >= 0.6 is 0 Å². The molecule has 1 N–H and O–H groups in total. The molecule has 0 heterocycles. The summed E-state index contributed by atoms with van der Waals surface area (Å²) in [6.45, 7) is 2.49. The number of carbonyl (C=O) groups excluding carboxylic acids is 1. The van der Waals surface area contributed by atoms with Crippen LogP contribution in [0.3, 0.4) is 0 Å². The minimum atomic E-state index is -3.57. The van der Waals surface area contributed by atoms with Crippen LogP contribution in [0.2, 0.25) is 0 Å². The number of nitrogens with zero attached hydrogens (tertiary/aromatic N) is 1. The van der Waals surface area contributed by atoms with E-state index in [4.69, 9.17) is 0 Å². The third kappa shape index (κ3) is 4.64. The maximum atomic E-state index is 12.3. The molecule has 23 heavy (non-hydrogen) atoms. The highest BCUT2D eigenvalue weighted by molar-refractivity contribution is 7.89. The Morgan fingerprint density at radius 1 is 1.00 bits per heavy atom. The molecule has 2 aromatic rings. The highest BCUT2D eigenvalue weighted by Crippen LogP contribution is 2.14. The Balaban J connectivity index is 1.94. The normalized spacial score (nSPS) is 11.2. The summed E-state index contributed by atoms with van der Waals surface area (Å²) in [7, 11) is -3.57. The molecule has 0 unspecified atom stereocenters. The molecular weight excluding hydrogens is 312 g/mol. The lowest BCUT2D eigenvalue weighted by Gasteiger charge is -2.21. The van der Waals surface area contributed by atoms with E-state index in [-0.39, 0.29) is 23.8 Å². The van der Waals surface area contributed by atoms with E-state index in [0.717, 1.165) is 5.69 Å². The summed E-state index contributed by atoms with van der Waals surface area (Å²) in [6, 6.07) is 17.4. The molecular formula is C17H20N2O3S. The first-order valence-electron chi connectivity index (χ1n) is 7.44. The molecule has 0 saturated heterocycles. The van der Waals surface area contributed by atoms with Gasteiger partial charge in [-0.2, -0.15) is 0 Å². The molecule has 2 aromatic carbocycles. The van der Waals surface area contributed by atoms with E-state index in [0.29, 0.717) is 6.54 Å². The molecule has 0 aromatic heterocycles. The van der Waals surface area contributed by atoms with Crippen LogP contribution in [0.25, 0.3) is 0 Å². The molecule has 6 heteroatoms. The van der Waals surface area contributed by atoms with Crippen molar-refractivity contribution >= 4 is 21.6 Å². The zero-order valence-corrected chi connectivity index (χ0v) is 13.8. The second kappa shape index (κ2) is 7.89. The third-order valence-corrected chi connectivity index (χ3v) is 4.85. The first-order valence-corrected chi connectivity index (χ1v) is 8.93. The van der Waals surface area contributed by atoms with Gasteiger partial charge in [0.2, 0.25) is 15.9 Å². The van der Waals surface area contributed by atoms with Crippen molar-refractivity contribution in [3.05, 3.63) is 60.7 Å². The zero-order valence-electron chi connectivity index (χ0n) is 13.0. The Morgan fingerprint density at radius 2 is 1.57 bits per heavy atom. The smallest absolute Gasteiger partial charge is 0.240 e. The predicted molar refractivity (Wildman–Crippen MR) is 90.7 cm³/mol. The number of benzene rings is 2. The first kappa shape index (κ1) is 17.2. The molecule has 5 nitrogen and oxygen atoms in total. The number of anilines is 1. The van der Waals surface area contributed by atoms with E-state index in [2.05, 4.69) is 4.72 Å². The van der Waals surface area contributed by atoms with Gasteiger partial charge in [-0.05, 0) is 31.2 Å². The number of amides is 1. The van der Waals surface area contributed by atoms with Crippen molar-refractivity contribution in [2.24, 2.45) is 0 Å². The molecule has 0 radical (unpaired) electrons. The minimum Gasteiger partial charge on any atom is -0.313 e. The third-order valence-electron chi connectivity index (χ3n) is 3.37. The SMILES string of the molecule is CCN(C(=O)CCNS(=O)(=O)c1ccccc1)c1ccccc1. The summed E-state index contributed by atoms with van der Waals surface area (Å²) in [5.41, 5.74) is 0.811. The summed E-state index contributed by atoms with van der Waals surface area (Å²) in [5, 5.41) is 0. The van der Waals surface area contributed by atoms with Crippen molar-refractivity contribution in [1.82, 2.24) is 4.72 Å². The Morgan fingerprint density at radius 3 is 2.13 bits per heavy atom. The maximum Gasteiger partial charge on any atom is 0.240 e. The van der Waals surface area contributed by atoms with Crippen molar-refractivity contribution < 1.29 is 13.2 Å². The maximum absolute atomic E-state index is 12.3. The van der Waals surface area contributed by atoms with Gasteiger partial charge >= 0.3 is 0 Å². The van der Waals surface area contributed by atoms with Crippen molar-refractivity contribution in [1.29, 1.82) is 0 Å². The molecule has 0 aliphatic heterocycles. The second-order valence-electron chi connectivity index (χ2n) is 4.93. The minimum absolute atomic E-state index is 0.0688. The lowest BCUT2D eigenvalue weighted by Crippen LogP contribution is -2.34. The van der Waals surface area contributed by atoms with Crippen molar-refractivity contribution in [3.8, 4) is 0 Å². The summed E-state index contributed by atoms with van der Waals surface area (Å²) in [4.78, 5) is 14.1. The fourth-order valence-electron chi connectivity index (χ4n) is 2.22. The number of hydrogen-bond donors (Lipinski definition) is 1. The molecule has 0 atom stereocenters. The summed E-state index contributed by atoms with van der Waals surface area (Å²) in [6.07, 6.45) is 0.106. The Bertz CT molecular complexity index is 731. The standard InChI is InChI=1S/C17H20N2O3S/c1-2-19(15-9-5-3-6-10-15)17(20)13-14-18-23(21,22)16-11-7-4-8-12-16/h3-12,18H,2,13-14H2,1H3. The van der Waals surface area contributed by atoms with Gasteiger partial charge < -0.3 is 4.90 Å². The van der Waals surface area contributed by atoms with Gasteiger partial charge in [0.05, 0.1) is 4.90 Å². The van der Waals surface area contributed by atoms with Gasteiger partial charge in [0.1, 0.15) is 0 Å². The van der Waals surface area contributed by atoms with Gasteiger partial charge in [0.25, 0.3) is 0 Å². The van der Waals surface area contributed by atoms with Gasteiger partial charge in [-0.3, -0.25) is 4.79 Å². The second-order valence-corrected chi connectivity index (χ2v) is 6.70. The van der Waals surface area contributed by atoms with Crippen LogP contribution in [0.4, 0.5) is 5.69 Å². The molecule has 0 fully saturated rings. The van der Waals surface area contributed by atoms with E-state index in [9.17, 15) is 13.2 Å². The van der Waals surface area contributed by atoms with Crippen molar-refractivity contribution in [3.63, 3.8) is 0 Å². The van der Waals surface area contributed by atoms with Gasteiger partial charge in [0, 0.05) is 25.2 Å². The molecule has 1 amide bonds. The molecule has 0 bridgehead atoms. The number of hydrogen-bond acceptors (Lipinski definition) is 3. The molecule has 0 spiro atoms. The van der Waals surface area contributed by atoms with E-state index >= 15 is 0 Å². The number of nitrogens with one attached hydrogen (secondary N) is 1. The fourth-order valence-corrected chi connectivity index (χ4v) is 3.27. The summed E-state index contributed by atoms with van der Waals surface area (Å²) < 4.78 is 26.6. The zero-order chi connectivity index (χ0) is 16.7. The topological polar surface area (TPSA) is 66.5 Å². The largest absolute Gasteiger partial charge is 0.313 e. The van der Waals surface area contributed by atoms with Crippen LogP contribution in [-0.2, 0) is 14.8 Å². The molecule has 0 saturated carbocycles. The fraction of sp³-hybridized carbons (Fsp3) is 0.235. The Labute approximate surface area is 137 Å². The molecule has 0 aliphatic carbocycles. The van der Waals surface area contributed by atoms with E-state index in [1.807, 2.05) is 37.3 Å². The van der Waals surface area contributed by atoms with Crippen LogP contribution in [0.15, 0.2) is 65.6 Å². The molecule has 2 rings (SSSR count). The molecule has 0 aliphatic rings. The number of para-hydroxylation sites is 1. The van der Waals surface area contributed by atoms with Crippen LogP contribution in [-0.4, -0.2) is 27.4 Å². The van der Waals surface area contributed by atoms with Crippen molar-refractivity contribution in [2.45, 2.75) is 18.2 Å². The average Bonchev–Trinajstić information content (AvgIpc) is 2.57. The van der Waals surface area contributed by atoms with Gasteiger partial charge in [-0.15, -0.1) is 0 Å². The van der Waals surface area contributed by atoms with E-state index in [1.165, 1.54) is 12.1 Å². The summed E-state index contributed by atoms with van der Waals surface area (Å²) >= 11 is 0. The van der Waals surface area contributed by atoms with Gasteiger partial charge in [0.15, 0.2) is 0 Å². The van der Waals surface area contributed by atoms with Crippen LogP contribution in [0, 0.1) is 0 Å². The molecule has 122 valence electrons. The quantitative estimate of drug-likeness (QED) is 0.847. The average molecular weight is 332 g/mol. The monoisotopic (exact) mass is 332 g/mol. The lowest BCUT2D eigenvalue weighted by atomic mass is 10.2. The number of sulfonamides is 1. The van der Waals surface area contributed by atoms with Crippen molar-refractivity contribution in [2.75, 3.05) is 18.0 Å². The van der Waals surface area contributed by atoms with Crippen LogP contribution in [0.5, 0.6) is 0 Å². The lowest BCUT2D eigenvalue weighted by molar-refractivity contribution is -0.118. The van der Waals surface area contributed by atoms with Gasteiger partial charge in [-0.25, -0.2) is 13.1 Å². The predicted octanol–water partition coefficient (Wildman–Crippen LogP) is 2.41. The van der Waals surface area contributed by atoms with E-state index < -0.39 is 10.0 Å². The van der Waals surface area contributed by atoms with Gasteiger partial charge in [-0.1, -0.05) is 36.4 Å². The Kier molecular flexibility index (Phi) is 5.90. The number of rotatable bonds is 7. The van der Waals surface area contributed by atoms with Crippen LogP contribution in [0.1, 0.15) is 13.3 Å². The van der Waals surface area contributed by atoms with Crippen LogP contribution < -0.4 is 9.62 Å². The first-order chi connectivity index (χ1) is 11.0. The highest BCUT2D eigenvalue weighted by atomic mass is 32.2. The Hall–Kier alpha value is -2.18.